The normalized spacial score (nSPS) is 13.1. The van der Waals surface area contributed by atoms with Crippen molar-refractivity contribution < 1.29 is 5.11 Å². The van der Waals surface area contributed by atoms with Gasteiger partial charge in [0, 0.05) is 11.8 Å². The summed E-state index contributed by atoms with van der Waals surface area (Å²) in [6.07, 6.45) is 1.08. The van der Waals surface area contributed by atoms with Crippen LogP contribution < -0.4 is 0 Å². The van der Waals surface area contributed by atoms with Crippen molar-refractivity contribution >= 4 is 0 Å². The van der Waals surface area contributed by atoms with Crippen LogP contribution in [-0.4, -0.2) is 20.3 Å². The van der Waals surface area contributed by atoms with Crippen molar-refractivity contribution in [1.29, 1.82) is 0 Å². The number of hydrogen-bond donors (Lipinski definition) is 2. The number of H-pyrrole nitrogens is 1. The molecule has 0 fully saturated rings. The second-order valence-corrected chi connectivity index (χ2v) is 4.14. The first-order chi connectivity index (χ1) is 6.49. The number of aromatic amines is 1. The van der Waals surface area contributed by atoms with Crippen LogP contribution in [0.2, 0.25) is 0 Å². The summed E-state index contributed by atoms with van der Waals surface area (Å²) in [5.74, 6) is 6.43. The molecule has 0 radical (unpaired) electrons. The molecule has 0 aliphatic rings. The van der Waals surface area contributed by atoms with Crippen LogP contribution in [0.25, 0.3) is 0 Å². The Labute approximate surface area is 83.8 Å². The third-order valence-corrected chi connectivity index (χ3v) is 1.51. The van der Waals surface area contributed by atoms with E-state index in [9.17, 15) is 5.11 Å². The van der Waals surface area contributed by atoms with Crippen LogP contribution in [0.3, 0.4) is 0 Å². The molecule has 2 N–H and O–H groups in total. The van der Waals surface area contributed by atoms with Gasteiger partial charge < -0.3 is 5.11 Å². The maximum atomic E-state index is 9.57. The van der Waals surface area contributed by atoms with E-state index in [1.165, 1.54) is 6.33 Å². The van der Waals surface area contributed by atoms with Gasteiger partial charge in [0.2, 0.25) is 0 Å². The maximum Gasteiger partial charge on any atom is 0.154 e. The van der Waals surface area contributed by atoms with Gasteiger partial charge in [-0.25, -0.2) is 4.98 Å². The molecule has 1 rings (SSSR count). The first-order valence-electron chi connectivity index (χ1n) is 4.52. The zero-order valence-electron chi connectivity index (χ0n) is 8.70. The number of nitrogens with zero attached hydrogens (tertiary/aromatic N) is 2. The fraction of sp³-hybridized carbons (Fsp3) is 0.600. The van der Waals surface area contributed by atoms with E-state index < -0.39 is 6.10 Å². The monoisotopic (exact) mass is 193 g/mol. The van der Waals surface area contributed by atoms with Crippen LogP contribution in [-0.2, 0) is 0 Å². The standard InChI is InChI=1S/C10H15N3O/c1-10(2,3)6-4-5-8(14)9-11-7-12-13-9/h7-8,14H,5H2,1-3H3,(H,11,12,13). The zero-order chi connectivity index (χ0) is 10.6. The second kappa shape index (κ2) is 4.25. The van der Waals surface area contributed by atoms with Crippen molar-refractivity contribution in [3.8, 4) is 11.8 Å². The average Bonchev–Trinajstić information content (AvgIpc) is 2.53. The Bertz CT molecular complexity index is 326. The molecule has 1 heterocycles. The van der Waals surface area contributed by atoms with E-state index in [2.05, 4.69) is 27.0 Å². The highest BCUT2D eigenvalue weighted by Gasteiger charge is 2.09. The van der Waals surface area contributed by atoms with E-state index in [1.54, 1.807) is 0 Å². The topological polar surface area (TPSA) is 61.8 Å². The largest absolute Gasteiger partial charge is 0.384 e. The molecular weight excluding hydrogens is 178 g/mol. The van der Waals surface area contributed by atoms with Crippen molar-refractivity contribution in [2.24, 2.45) is 5.41 Å². The van der Waals surface area contributed by atoms with Gasteiger partial charge in [-0.15, -0.1) is 0 Å². The van der Waals surface area contributed by atoms with Gasteiger partial charge in [-0.1, -0.05) is 11.8 Å². The van der Waals surface area contributed by atoms with Crippen molar-refractivity contribution in [1.82, 2.24) is 15.2 Å². The van der Waals surface area contributed by atoms with E-state index in [1.807, 2.05) is 20.8 Å². The number of rotatable bonds is 2. The number of nitrogens with one attached hydrogen (secondary N) is 1. The summed E-state index contributed by atoms with van der Waals surface area (Å²) >= 11 is 0. The molecule has 1 atom stereocenters. The summed E-state index contributed by atoms with van der Waals surface area (Å²) in [6, 6.07) is 0. The molecule has 4 nitrogen and oxygen atoms in total. The Morgan fingerprint density at radius 1 is 1.57 bits per heavy atom. The highest BCUT2D eigenvalue weighted by molar-refractivity contribution is 5.09. The smallest absolute Gasteiger partial charge is 0.154 e. The number of aromatic nitrogens is 3. The summed E-state index contributed by atoms with van der Waals surface area (Å²) in [6.45, 7) is 6.09. The summed E-state index contributed by atoms with van der Waals surface area (Å²) in [5, 5.41) is 15.8. The lowest BCUT2D eigenvalue weighted by Gasteiger charge is -2.07. The van der Waals surface area contributed by atoms with Gasteiger partial charge >= 0.3 is 0 Å². The third-order valence-electron chi connectivity index (χ3n) is 1.51. The van der Waals surface area contributed by atoms with Gasteiger partial charge in [-0.2, -0.15) is 5.10 Å². The van der Waals surface area contributed by atoms with E-state index in [4.69, 9.17) is 0 Å². The molecule has 1 aromatic rings. The molecule has 0 bridgehead atoms. The lowest BCUT2D eigenvalue weighted by atomic mass is 9.97. The number of aliphatic hydroxyl groups is 1. The molecule has 76 valence electrons. The summed E-state index contributed by atoms with van der Waals surface area (Å²) in [4.78, 5) is 3.85. The van der Waals surface area contributed by atoms with Crippen LogP contribution in [0.5, 0.6) is 0 Å². The number of aliphatic hydroxyl groups excluding tert-OH is 1. The molecule has 4 heteroatoms. The minimum atomic E-state index is -0.674. The van der Waals surface area contributed by atoms with E-state index in [0.29, 0.717) is 12.2 Å². The third kappa shape index (κ3) is 3.58. The predicted octanol–water partition coefficient (Wildman–Crippen LogP) is 1.28. The van der Waals surface area contributed by atoms with Crippen molar-refractivity contribution in [2.75, 3.05) is 0 Å². The zero-order valence-corrected chi connectivity index (χ0v) is 8.70. The Morgan fingerprint density at radius 2 is 2.29 bits per heavy atom. The quantitative estimate of drug-likeness (QED) is 0.695. The van der Waals surface area contributed by atoms with Gasteiger partial charge in [-0.3, -0.25) is 5.10 Å². The van der Waals surface area contributed by atoms with Gasteiger partial charge in [0.25, 0.3) is 0 Å². The molecule has 0 saturated carbocycles. The molecule has 0 aromatic carbocycles. The predicted molar refractivity (Wildman–Crippen MR) is 53.2 cm³/mol. The fourth-order valence-corrected chi connectivity index (χ4v) is 0.885. The first kappa shape index (κ1) is 10.7. The Hall–Kier alpha value is -1.34. The SMILES string of the molecule is CC(C)(C)C#CCC(O)c1ncn[nH]1. The lowest BCUT2D eigenvalue weighted by molar-refractivity contribution is 0.174. The average molecular weight is 193 g/mol. The summed E-state index contributed by atoms with van der Waals surface area (Å²) in [5.41, 5.74) is -0.0267. The van der Waals surface area contributed by atoms with Crippen LogP contribution in [0.15, 0.2) is 6.33 Å². The molecule has 0 aliphatic heterocycles. The van der Waals surface area contributed by atoms with Crippen molar-refractivity contribution in [2.45, 2.75) is 33.3 Å². The molecular formula is C10H15N3O. The first-order valence-corrected chi connectivity index (χ1v) is 4.52. The molecule has 1 unspecified atom stereocenters. The lowest BCUT2D eigenvalue weighted by Crippen LogP contribution is -2.01. The minimum Gasteiger partial charge on any atom is -0.384 e. The van der Waals surface area contributed by atoms with Crippen LogP contribution in [0.4, 0.5) is 0 Å². The molecule has 14 heavy (non-hydrogen) atoms. The van der Waals surface area contributed by atoms with Gasteiger partial charge in [-0.05, 0) is 20.8 Å². The summed E-state index contributed by atoms with van der Waals surface area (Å²) < 4.78 is 0. The molecule has 0 saturated heterocycles. The highest BCUT2D eigenvalue weighted by atomic mass is 16.3. The maximum absolute atomic E-state index is 9.57. The highest BCUT2D eigenvalue weighted by Crippen LogP contribution is 2.12. The van der Waals surface area contributed by atoms with Gasteiger partial charge in [0.15, 0.2) is 5.82 Å². The minimum absolute atomic E-state index is 0.0267. The Kier molecular flexibility index (Phi) is 3.26. The van der Waals surface area contributed by atoms with Gasteiger partial charge in [0.05, 0.1) is 0 Å². The van der Waals surface area contributed by atoms with Crippen LogP contribution in [0, 0.1) is 17.3 Å². The Balaban J connectivity index is 2.50. The van der Waals surface area contributed by atoms with Crippen LogP contribution >= 0.6 is 0 Å². The molecule has 0 aliphatic carbocycles. The fourth-order valence-electron chi connectivity index (χ4n) is 0.885. The van der Waals surface area contributed by atoms with Gasteiger partial charge in [0.1, 0.15) is 12.4 Å². The van der Waals surface area contributed by atoms with E-state index >= 15 is 0 Å². The summed E-state index contributed by atoms with van der Waals surface area (Å²) in [7, 11) is 0. The van der Waals surface area contributed by atoms with E-state index in [-0.39, 0.29) is 5.41 Å². The second-order valence-electron chi connectivity index (χ2n) is 4.14. The van der Waals surface area contributed by atoms with E-state index in [0.717, 1.165) is 0 Å². The van der Waals surface area contributed by atoms with Crippen molar-refractivity contribution in [3.05, 3.63) is 12.2 Å². The van der Waals surface area contributed by atoms with Crippen LogP contribution in [0.1, 0.15) is 39.1 Å². The molecule has 0 spiro atoms. The molecule has 1 aromatic heterocycles. The Morgan fingerprint density at radius 3 is 2.79 bits per heavy atom. The van der Waals surface area contributed by atoms with Crippen molar-refractivity contribution in [3.63, 3.8) is 0 Å². The number of hydrogen-bond acceptors (Lipinski definition) is 3. The molecule has 0 amide bonds.